The number of amides is 3. The van der Waals surface area contributed by atoms with Gasteiger partial charge in [-0.15, -0.1) is 11.3 Å². The van der Waals surface area contributed by atoms with E-state index in [1.807, 2.05) is 0 Å². The molecule has 228 valence electrons. The number of hydrogen-bond acceptors (Lipinski definition) is 8. The number of nitrogens with two attached hydrogens (primary N) is 1. The third-order valence-corrected chi connectivity index (χ3v) is 10.6. The first kappa shape index (κ1) is 30.5. The number of halogens is 2. The molecule has 2 aliphatic heterocycles. The summed E-state index contributed by atoms with van der Waals surface area (Å²) in [5.41, 5.74) is 7.25. The fraction of sp³-hybridized carbons (Fsp3) is 0.357. The molecule has 1 aliphatic carbocycles. The highest BCUT2D eigenvalue weighted by Crippen LogP contribution is 2.44. The van der Waals surface area contributed by atoms with Crippen LogP contribution < -0.4 is 16.4 Å². The molecule has 0 spiro atoms. The number of sulfone groups is 1. The number of rotatable bonds is 9. The molecular formula is C28H29F2N5O6S2. The molecule has 11 nitrogen and oxygen atoms in total. The second kappa shape index (κ2) is 12.0. The zero-order chi connectivity index (χ0) is 31.1. The lowest BCUT2D eigenvalue weighted by atomic mass is 9.96. The molecule has 1 saturated heterocycles. The van der Waals surface area contributed by atoms with Crippen molar-refractivity contribution in [2.24, 2.45) is 5.73 Å². The number of benzene rings is 1. The lowest BCUT2D eigenvalue weighted by molar-refractivity contribution is -0.160. The van der Waals surface area contributed by atoms with Gasteiger partial charge in [0.25, 0.3) is 5.91 Å². The summed E-state index contributed by atoms with van der Waals surface area (Å²) in [7, 11) is -3.66. The van der Waals surface area contributed by atoms with Gasteiger partial charge in [-0.1, -0.05) is 6.08 Å². The normalized spacial score (nSPS) is 21.0. The highest BCUT2D eigenvalue weighted by Gasteiger charge is 2.41. The number of fused-ring (bicyclic) bond motifs is 2. The molecular weight excluding hydrogens is 604 g/mol. The topological polar surface area (TPSA) is 172 Å². The maximum absolute atomic E-state index is 13.2. The molecule has 3 heterocycles. The smallest absolute Gasteiger partial charge is 0.345 e. The minimum Gasteiger partial charge on any atom is -0.384 e. The van der Waals surface area contributed by atoms with E-state index in [0.717, 1.165) is 4.90 Å². The molecule has 5 N–H and O–H groups in total. The van der Waals surface area contributed by atoms with E-state index in [-0.39, 0.29) is 34.2 Å². The van der Waals surface area contributed by atoms with E-state index >= 15 is 0 Å². The SMILES string of the molecule is C[C@@H](NC(=O)[C@@H]1C[C@@H](OC(F)F)CN1C(=O)CNC(=O)c1ccc2c(c1)C1=C(C=CCC1)S2(=O)=O)c1cc(C(=N)N)cs1. The Morgan fingerprint density at radius 2 is 2.00 bits per heavy atom. The minimum absolute atomic E-state index is 0.125. The Morgan fingerprint density at radius 1 is 1.23 bits per heavy atom. The van der Waals surface area contributed by atoms with E-state index in [2.05, 4.69) is 15.4 Å². The number of allylic oxidation sites excluding steroid dienone is 3. The Kier molecular flexibility index (Phi) is 8.49. The first-order valence-electron chi connectivity index (χ1n) is 13.4. The maximum Gasteiger partial charge on any atom is 0.345 e. The summed E-state index contributed by atoms with van der Waals surface area (Å²) in [6.07, 6.45) is 3.29. The largest absolute Gasteiger partial charge is 0.384 e. The maximum atomic E-state index is 13.2. The summed E-state index contributed by atoms with van der Waals surface area (Å²) in [6, 6.07) is 4.23. The number of nitrogens with one attached hydrogen (secondary N) is 3. The standard InChI is InChI=1S/C28H29F2N5O6S2/c1-14(21-9-16(13-42-21)25(31)32)34-27(38)20-10-17(41-28(29)30)12-35(20)24(36)11-33-26(37)15-6-7-23-19(8-15)18-4-2-3-5-22(18)43(23,39)40/h3,5-9,13-14,17,20,28H,2,4,10-12H2,1H3,(H3,31,32)(H,33,37)(H,34,38)/t14-,17-,20+/m1/s1. The van der Waals surface area contributed by atoms with Gasteiger partial charge in [-0.05, 0) is 61.2 Å². The third-order valence-electron chi connectivity index (χ3n) is 7.57. The summed E-state index contributed by atoms with van der Waals surface area (Å²) in [4.78, 5) is 41.5. The molecule has 15 heteroatoms. The van der Waals surface area contributed by atoms with Crippen molar-refractivity contribution >= 4 is 50.3 Å². The van der Waals surface area contributed by atoms with E-state index in [1.54, 1.807) is 30.5 Å². The monoisotopic (exact) mass is 633 g/mol. The third kappa shape index (κ3) is 6.10. The number of thiophene rings is 1. The number of carbonyl (C=O) groups is 3. The first-order valence-corrected chi connectivity index (χ1v) is 15.8. The average molecular weight is 634 g/mol. The van der Waals surface area contributed by atoms with Crippen LogP contribution in [0, 0.1) is 5.41 Å². The van der Waals surface area contributed by atoms with Crippen molar-refractivity contribution in [3.05, 3.63) is 68.3 Å². The highest BCUT2D eigenvalue weighted by atomic mass is 32.2. The molecule has 0 unspecified atom stereocenters. The van der Waals surface area contributed by atoms with E-state index < -0.39 is 58.9 Å². The van der Waals surface area contributed by atoms with E-state index in [9.17, 15) is 31.6 Å². The average Bonchev–Trinajstić information content (AvgIpc) is 3.68. The zero-order valence-electron chi connectivity index (χ0n) is 22.9. The fourth-order valence-corrected chi connectivity index (χ4v) is 8.13. The van der Waals surface area contributed by atoms with Crippen LogP contribution in [0.3, 0.4) is 0 Å². The predicted octanol–water partition coefficient (Wildman–Crippen LogP) is 2.70. The number of nitrogen functional groups attached to an aromatic ring is 1. The van der Waals surface area contributed by atoms with Crippen molar-refractivity contribution in [2.45, 2.75) is 55.9 Å². The number of amidine groups is 1. The van der Waals surface area contributed by atoms with Gasteiger partial charge >= 0.3 is 6.61 Å². The van der Waals surface area contributed by atoms with Gasteiger partial charge in [-0.3, -0.25) is 19.8 Å². The van der Waals surface area contributed by atoms with Crippen LogP contribution in [0.2, 0.25) is 0 Å². The molecule has 3 atom stereocenters. The van der Waals surface area contributed by atoms with Crippen molar-refractivity contribution in [3.63, 3.8) is 0 Å². The number of hydrogen-bond donors (Lipinski definition) is 4. The zero-order valence-corrected chi connectivity index (χ0v) is 24.6. The number of carbonyl (C=O) groups excluding carboxylic acids is 3. The van der Waals surface area contributed by atoms with Crippen molar-refractivity contribution in [1.82, 2.24) is 15.5 Å². The van der Waals surface area contributed by atoms with E-state index in [1.165, 1.54) is 29.5 Å². The molecule has 3 aliphatic rings. The molecule has 0 saturated carbocycles. The Labute approximate surface area is 250 Å². The van der Waals surface area contributed by atoms with E-state index in [0.29, 0.717) is 34.4 Å². The quantitative estimate of drug-likeness (QED) is 0.243. The van der Waals surface area contributed by atoms with Gasteiger partial charge in [-0.25, -0.2) is 8.42 Å². The van der Waals surface area contributed by atoms with Gasteiger partial charge in [0, 0.05) is 34.3 Å². The Bertz CT molecular complexity index is 1670. The molecule has 3 amide bonds. The highest BCUT2D eigenvalue weighted by molar-refractivity contribution is 7.96. The summed E-state index contributed by atoms with van der Waals surface area (Å²) in [6.45, 7) is -2.21. The predicted molar refractivity (Wildman–Crippen MR) is 154 cm³/mol. The fourth-order valence-electron chi connectivity index (χ4n) is 5.45. The van der Waals surface area contributed by atoms with Crippen molar-refractivity contribution in [3.8, 4) is 0 Å². The number of nitrogens with zero attached hydrogens (tertiary/aromatic N) is 1. The summed E-state index contributed by atoms with van der Waals surface area (Å²) in [5, 5.41) is 14.5. The Morgan fingerprint density at radius 3 is 2.70 bits per heavy atom. The Balaban J connectivity index is 1.27. The number of alkyl halides is 2. The first-order chi connectivity index (χ1) is 20.4. The van der Waals surface area contributed by atoms with Gasteiger partial charge in [-0.2, -0.15) is 8.78 Å². The number of likely N-dealkylation sites (tertiary alicyclic amines) is 1. The molecule has 2 aromatic rings. The lowest BCUT2D eigenvalue weighted by Gasteiger charge is -2.25. The van der Waals surface area contributed by atoms with Crippen LogP contribution in [-0.4, -0.2) is 68.7 Å². The van der Waals surface area contributed by atoms with Crippen LogP contribution in [0.1, 0.15) is 58.6 Å². The lowest BCUT2D eigenvalue weighted by Crippen LogP contribution is -2.49. The summed E-state index contributed by atoms with van der Waals surface area (Å²) >= 11 is 1.28. The van der Waals surface area contributed by atoms with Gasteiger partial charge in [0.2, 0.25) is 21.7 Å². The van der Waals surface area contributed by atoms with Crippen LogP contribution >= 0.6 is 11.3 Å². The van der Waals surface area contributed by atoms with Crippen molar-refractivity contribution in [2.75, 3.05) is 13.1 Å². The summed E-state index contributed by atoms with van der Waals surface area (Å²) < 4.78 is 56.3. The Hall–Kier alpha value is -3.95. The summed E-state index contributed by atoms with van der Waals surface area (Å²) in [5.74, 6) is -2.03. The van der Waals surface area contributed by atoms with Gasteiger partial charge in [0.1, 0.15) is 11.9 Å². The van der Waals surface area contributed by atoms with Crippen LogP contribution in [0.4, 0.5) is 8.78 Å². The van der Waals surface area contributed by atoms with Crippen LogP contribution in [0.25, 0.3) is 5.57 Å². The van der Waals surface area contributed by atoms with Gasteiger partial charge < -0.3 is 26.0 Å². The molecule has 0 bridgehead atoms. The molecule has 5 rings (SSSR count). The van der Waals surface area contributed by atoms with Crippen molar-refractivity contribution in [1.29, 1.82) is 5.41 Å². The van der Waals surface area contributed by atoms with E-state index in [4.69, 9.17) is 11.1 Å². The van der Waals surface area contributed by atoms with Crippen molar-refractivity contribution < 1.29 is 36.3 Å². The van der Waals surface area contributed by atoms with Crippen LogP contribution in [0.5, 0.6) is 0 Å². The second-order valence-corrected chi connectivity index (χ2v) is 13.2. The molecule has 1 fully saturated rings. The van der Waals surface area contributed by atoms with Gasteiger partial charge in [0.05, 0.1) is 28.5 Å². The molecule has 0 radical (unpaired) electrons. The van der Waals surface area contributed by atoms with Crippen LogP contribution in [-0.2, 0) is 24.2 Å². The van der Waals surface area contributed by atoms with Crippen LogP contribution in [0.15, 0.2) is 51.6 Å². The van der Waals surface area contributed by atoms with Gasteiger partial charge in [0.15, 0.2) is 0 Å². The molecule has 43 heavy (non-hydrogen) atoms. The molecule has 1 aromatic carbocycles. The minimum atomic E-state index is -3.66. The number of ether oxygens (including phenoxy) is 1. The molecule has 1 aromatic heterocycles. The second-order valence-electron chi connectivity index (χ2n) is 10.4.